The van der Waals surface area contributed by atoms with Crippen LogP contribution in [-0.4, -0.2) is 40.0 Å². The Labute approximate surface area is 111 Å². The van der Waals surface area contributed by atoms with E-state index in [0.717, 1.165) is 25.1 Å². The van der Waals surface area contributed by atoms with Crippen LogP contribution >= 0.6 is 0 Å². The molecule has 104 valence electrons. The summed E-state index contributed by atoms with van der Waals surface area (Å²) in [6, 6.07) is 4.49. The summed E-state index contributed by atoms with van der Waals surface area (Å²) in [5.41, 5.74) is 0.867. The molecule has 6 heteroatoms. The smallest absolute Gasteiger partial charge is 0.188 e. The number of sulfone groups is 1. The van der Waals surface area contributed by atoms with Crippen LogP contribution in [0.5, 0.6) is 0 Å². The van der Waals surface area contributed by atoms with Gasteiger partial charge >= 0.3 is 0 Å². The van der Waals surface area contributed by atoms with Gasteiger partial charge in [0.1, 0.15) is 16.0 Å². The Bertz CT molecular complexity index is 578. The molecule has 1 aromatic rings. The van der Waals surface area contributed by atoms with Gasteiger partial charge < -0.3 is 10.1 Å². The number of ether oxygens (including phenoxy) is 1. The summed E-state index contributed by atoms with van der Waals surface area (Å²) in [7, 11) is -3.59. The molecule has 0 radical (unpaired) electrons. The molecule has 2 aliphatic heterocycles. The zero-order valence-corrected chi connectivity index (χ0v) is 11.2. The van der Waals surface area contributed by atoms with Crippen LogP contribution in [0.4, 0.5) is 4.39 Å². The van der Waals surface area contributed by atoms with E-state index in [9.17, 15) is 12.8 Å². The summed E-state index contributed by atoms with van der Waals surface area (Å²) in [5, 5.41) is 2.62. The van der Waals surface area contributed by atoms with E-state index in [0.29, 0.717) is 0 Å². The molecule has 1 unspecified atom stereocenters. The lowest BCUT2D eigenvalue weighted by Crippen LogP contribution is -2.40. The first kappa shape index (κ1) is 13.0. The minimum atomic E-state index is -3.59. The van der Waals surface area contributed by atoms with E-state index in [2.05, 4.69) is 5.32 Å². The van der Waals surface area contributed by atoms with Gasteiger partial charge in [0.15, 0.2) is 9.84 Å². The van der Waals surface area contributed by atoms with Crippen molar-refractivity contribution in [1.29, 1.82) is 0 Å². The highest BCUT2D eigenvalue weighted by molar-refractivity contribution is 7.92. The molecule has 0 aromatic heterocycles. The third-order valence-electron chi connectivity index (χ3n) is 3.84. The van der Waals surface area contributed by atoms with Crippen LogP contribution in [0.3, 0.4) is 0 Å². The molecular formula is C13H16FNO3S. The molecular weight excluding hydrogens is 269 g/mol. The molecule has 2 fully saturated rings. The van der Waals surface area contributed by atoms with E-state index in [4.69, 9.17) is 4.74 Å². The van der Waals surface area contributed by atoms with Crippen LogP contribution in [0.15, 0.2) is 23.1 Å². The van der Waals surface area contributed by atoms with Gasteiger partial charge in [-0.1, -0.05) is 6.07 Å². The second-order valence-corrected chi connectivity index (χ2v) is 7.28. The molecule has 2 saturated heterocycles. The van der Waals surface area contributed by atoms with E-state index < -0.39 is 20.9 Å². The van der Waals surface area contributed by atoms with Crippen molar-refractivity contribution in [3.05, 3.63) is 29.6 Å². The molecule has 2 aliphatic rings. The fraction of sp³-hybridized carbons (Fsp3) is 0.538. The average molecular weight is 285 g/mol. The number of nitrogens with one attached hydrogen (secondary N) is 1. The SMILES string of the molecule is O=S(=O)(c1ccc(C2CCNC2)cc1F)C1COC1. The molecule has 0 amide bonds. The lowest BCUT2D eigenvalue weighted by Gasteiger charge is -2.26. The topological polar surface area (TPSA) is 55.4 Å². The molecule has 3 rings (SSSR count). The summed E-state index contributed by atoms with van der Waals surface area (Å²) < 4.78 is 43.2. The molecule has 4 nitrogen and oxygen atoms in total. The minimum absolute atomic E-state index is 0.163. The van der Waals surface area contributed by atoms with Gasteiger partial charge in [-0.25, -0.2) is 12.8 Å². The predicted molar refractivity (Wildman–Crippen MR) is 68.4 cm³/mol. The van der Waals surface area contributed by atoms with E-state index in [1.54, 1.807) is 6.07 Å². The van der Waals surface area contributed by atoms with Crippen molar-refractivity contribution in [1.82, 2.24) is 5.32 Å². The molecule has 0 spiro atoms. The highest BCUT2D eigenvalue weighted by atomic mass is 32.2. The summed E-state index contributed by atoms with van der Waals surface area (Å²) in [6.07, 6.45) is 0.960. The Morgan fingerprint density at radius 3 is 2.63 bits per heavy atom. The van der Waals surface area contributed by atoms with Crippen LogP contribution in [0.2, 0.25) is 0 Å². The van der Waals surface area contributed by atoms with Crippen molar-refractivity contribution in [3.63, 3.8) is 0 Å². The van der Waals surface area contributed by atoms with E-state index in [1.165, 1.54) is 12.1 Å². The van der Waals surface area contributed by atoms with Gasteiger partial charge in [-0.2, -0.15) is 0 Å². The number of halogens is 1. The molecule has 2 heterocycles. The standard InChI is InChI=1S/C13H16FNO3S/c14-12-5-9(10-3-4-15-6-10)1-2-13(12)19(16,17)11-7-18-8-11/h1-2,5,10-11,15H,3-4,6-8H2. The van der Waals surface area contributed by atoms with Gasteiger partial charge in [-0.15, -0.1) is 0 Å². The van der Waals surface area contributed by atoms with E-state index in [1.807, 2.05) is 0 Å². The van der Waals surface area contributed by atoms with Gasteiger partial charge in [0, 0.05) is 6.54 Å². The average Bonchev–Trinajstić information content (AvgIpc) is 2.78. The van der Waals surface area contributed by atoms with E-state index in [-0.39, 0.29) is 24.0 Å². The first-order valence-corrected chi connectivity index (χ1v) is 7.95. The Kier molecular flexibility index (Phi) is 3.32. The maximum Gasteiger partial charge on any atom is 0.188 e. The lowest BCUT2D eigenvalue weighted by atomic mass is 9.98. The zero-order chi connectivity index (χ0) is 13.5. The molecule has 1 aromatic carbocycles. The molecule has 0 saturated carbocycles. The van der Waals surface area contributed by atoms with Gasteiger partial charge in [0.25, 0.3) is 0 Å². The Morgan fingerprint density at radius 2 is 2.11 bits per heavy atom. The van der Waals surface area contributed by atoms with Gasteiger partial charge in [0.2, 0.25) is 0 Å². The number of benzene rings is 1. The fourth-order valence-electron chi connectivity index (χ4n) is 2.51. The summed E-state index contributed by atoms with van der Waals surface area (Å²) in [4.78, 5) is -0.199. The monoisotopic (exact) mass is 285 g/mol. The van der Waals surface area contributed by atoms with Crippen LogP contribution in [0.25, 0.3) is 0 Å². The number of hydrogen-bond donors (Lipinski definition) is 1. The highest BCUT2D eigenvalue weighted by Gasteiger charge is 2.35. The molecule has 0 bridgehead atoms. The van der Waals surface area contributed by atoms with Crippen molar-refractivity contribution in [2.24, 2.45) is 0 Å². The first-order chi connectivity index (χ1) is 9.09. The van der Waals surface area contributed by atoms with Crippen molar-refractivity contribution >= 4 is 9.84 Å². The summed E-state index contributed by atoms with van der Waals surface area (Å²) >= 11 is 0. The zero-order valence-electron chi connectivity index (χ0n) is 10.4. The van der Waals surface area contributed by atoms with Crippen molar-refractivity contribution in [2.75, 3.05) is 26.3 Å². The Hall–Kier alpha value is -0.980. The Morgan fingerprint density at radius 1 is 1.32 bits per heavy atom. The summed E-state index contributed by atoms with van der Waals surface area (Å²) in [5.74, 6) is -0.366. The number of hydrogen-bond acceptors (Lipinski definition) is 4. The van der Waals surface area contributed by atoms with Crippen LogP contribution in [0.1, 0.15) is 17.9 Å². The second-order valence-electron chi connectivity index (χ2n) is 5.08. The fourth-order valence-corrected chi connectivity index (χ4v) is 4.01. The molecule has 0 aliphatic carbocycles. The third-order valence-corrected chi connectivity index (χ3v) is 5.93. The van der Waals surface area contributed by atoms with Crippen molar-refractivity contribution < 1.29 is 17.5 Å². The molecule has 19 heavy (non-hydrogen) atoms. The lowest BCUT2D eigenvalue weighted by molar-refractivity contribution is 0.0415. The Balaban J connectivity index is 1.91. The number of rotatable bonds is 3. The highest BCUT2D eigenvalue weighted by Crippen LogP contribution is 2.28. The third kappa shape index (κ3) is 2.28. The quantitative estimate of drug-likeness (QED) is 0.903. The minimum Gasteiger partial charge on any atom is -0.379 e. The van der Waals surface area contributed by atoms with Gasteiger partial charge in [-0.3, -0.25) is 0 Å². The van der Waals surface area contributed by atoms with Crippen LogP contribution in [0, 0.1) is 5.82 Å². The van der Waals surface area contributed by atoms with Gasteiger partial charge in [-0.05, 0) is 36.6 Å². The van der Waals surface area contributed by atoms with Gasteiger partial charge in [0.05, 0.1) is 13.2 Å². The normalized spacial score (nSPS) is 24.4. The van der Waals surface area contributed by atoms with Crippen molar-refractivity contribution in [3.8, 4) is 0 Å². The van der Waals surface area contributed by atoms with E-state index >= 15 is 0 Å². The largest absolute Gasteiger partial charge is 0.379 e. The second kappa shape index (κ2) is 4.85. The van der Waals surface area contributed by atoms with Crippen LogP contribution in [-0.2, 0) is 14.6 Å². The van der Waals surface area contributed by atoms with Crippen LogP contribution < -0.4 is 5.32 Å². The van der Waals surface area contributed by atoms with Crippen molar-refractivity contribution in [2.45, 2.75) is 22.5 Å². The maximum absolute atomic E-state index is 14.1. The molecule has 1 N–H and O–H groups in total. The maximum atomic E-state index is 14.1. The molecule has 1 atom stereocenters. The predicted octanol–water partition coefficient (Wildman–Crippen LogP) is 1.08. The summed E-state index contributed by atoms with van der Waals surface area (Å²) in [6.45, 7) is 2.07. The first-order valence-electron chi connectivity index (χ1n) is 6.41.